The fraction of sp³-hybridized carbons (Fsp3) is 0.0833. The molecule has 0 amide bonds. The van der Waals surface area contributed by atoms with Crippen LogP contribution in [-0.4, -0.2) is 18.0 Å². The standard InChI is InChI=1S/C12H10BrNO2S/c1-16-9-4-2-8(3-5-9)11(14-15)12-10(13)6-7-17-12/h2-7,15H,1H3/b14-11-. The number of ether oxygens (including phenoxy) is 1. The molecular weight excluding hydrogens is 302 g/mol. The summed E-state index contributed by atoms with van der Waals surface area (Å²) in [6.45, 7) is 0. The average Bonchev–Trinajstić information content (AvgIpc) is 2.78. The van der Waals surface area contributed by atoms with E-state index in [-0.39, 0.29) is 0 Å². The molecule has 0 saturated carbocycles. The quantitative estimate of drug-likeness (QED) is 0.533. The average molecular weight is 312 g/mol. The number of hydrogen-bond acceptors (Lipinski definition) is 4. The lowest BCUT2D eigenvalue weighted by Crippen LogP contribution is -2.01. The van der Waals surface area contributed by atoms with E-state index in [0.29, 0.717) is 5.71 Å². The molecule has 1 aromatic carbocycles. The van der Waals surface area contributed by atoms with Crippen molar-refractivity contribution >= 4 is 33.0 Å². The molecule has 2 aromatic rings. The summed E-state index contributed by atoms with van der Waals surface area (Å²) in [5.41, 5.74) is 1.39. The lowest BCUT2D eigenvalue weighted by molar-refractivity contribution is 0.319. The van der Waals surface area contributed by atoms with Crippen molar-refractivity contribution in [2.45, 2.75) is 0 Å². The number of nitrogens with zero attached hydrogens (tertiary/aromatic N) is 1. The topological polar surface area (TPSA) is 41.8 Å². The maximum Gasteiger partial charge on any atom is 0.128 e. The van der Waals surface area contributed by atoms with E-state index in [1.807, 2.05) is 35.7 Å². The van der Waals surface area contributed by atoms with Crippen molar-refractivity contribution in [2.75, 3.05) is 7.11 Å². The molecule has 0 aliphatic heterocycles. The second-order valence-electron chi connectivity index (χ2n) is 3.27. The van der Waals surface area contributed by atoms with Gasteiger partial charge in [-0.25, -0.2) is 0 Å². The molecule has 0 aliphatic carbocycles. The number of rotatable bonds is 3. The molecule has 88 valence electrons. The fourth-order valence-electron chi connectivity index (χ4n) is 1.45. The lowest BCUT2D eigenvalue weighted by Gasteiger charge is -2.04. The van der Waals surface area contributed by atoms with Gasteiger partial charge < -0.3 is 9.94 Å². The minimum atomic E-state index is 0.550. The molecule has 0 bridgehead atoms. The Kier molecular flexibility index (Phi) is 3.81. The van der Waals surface area contributed by atoms with Gasteiger partial charge in [0.15, 0.2) is 0 Å². The van der Waals surface area contributed by atoms with Crippen molar-refractivity contribution in [3.63, 3.8) is 0 Å². The molecule has 0 unspecified atom stereocenters. The van der Waals surface area contributed by atoms with Crippen LogP contribution in [0.3, 0.4) is 0 Å². The molecule has 1 heterocycles. The number of benzene rings is 1. The van der Waals surface area contributed by atoms with Crippen LogP contribution in [0.1, 0.15) is 10.4 Å². The molecule has 3 nitrogen and oxygen atoms in total. The SMILES string of the molecule is COc1ccc(/C(=N/O)c2sccc2Br)cc1. The van der Waals surface area contributed by atoms with Gasteiger partial charge in [-0.2, -0.15) is 0 Å². The van der Waals surface area contributed by atoms with Crippen molar-refractivity contribution in [1.29, 1.82) is 0 Å². The number of thiophene rings is 1. The van der Waals surface area contributed by atoms with E-state index in [0.717, 1.165) is 20.7 Å². The van der Waals surface area contributed by atoms with E-state index in [1.165, 1.54) is 11.3 Å². The first-order chi connectivity index (χ1) is 8.26. The highest BCUT2D eigenvalue weighted by atomic mass is 79.9. The van der Waals surface area contributed by atoms with E-state index in [1.54, 1.807) is 7.11 Å². The highest BCUT2D eigenvalue weighted by Gasteiger charge is 2.12. The van der Waals surface area contributed by atoms with Crippen molar-refractivity contribution in [2.24, 2.45) is 5.16 Å². The predicted octanol–water partition coefficient (Wildman–Crippen LogP) is 3.75. The largest absolute Gasteiger partial charge is 0.497 e. The van der Waals surface area contributed by atoms with Gasteiger partial charge in [0.25, 0.3) is 0 Å². The minimum Gasteiger partial charge on any atom is -0.497 e. The third kappa shape index (κ3) is 2.50. The Hall–Kier alpha value is -1.33. The van der Waals surface area contributed by atoms with Crippen LogP contribution in [0.5, 0.6) is 5.75 Å². The first-order valence-electron chi connectivity index (χ1n) is 4.86. The lowest BCUT2D eigenvalue weighted by atomic mass is 10.1. The second-order valence-corrected chi connectivity index (χ2v) is 5.05. The highest BCUT2D eigenvalue weighted by molar-refractivity contribution is 9.10. The maximum atomic E-state index is 9.14. The summed E-state index contributed by atoms with van der Waals surface area (Å²) < 4.78 is 6.01. The zero-order valence-corrected chi connectivity index (χ0v) is 11.5. The molecule has 0 spiro atoms. The van der Waals surface area contributed by atoms with Gasteiger partial charge in [0.2, 0.25) is 0 Å². The summed E-state index contributed by atoms with van der Waals surface area (Å²) in [4.78, 5) is 0.901. The molecule has 17 heavy (non-hydrogen) atoms. The predicted molar refractivity (Wildman–Crippen MR) is 72.4 cm³/mol. The molecule has 2 rings (SSSR count). The summed E-state index contributed by atoms with van der Waals surface area (Å²) in [5, 5.41) is 14.5. The van der Waals surface area contributed by atoms with E-state index < -0.39 is 0 Å². The molecular formula is C12H10BrNO2S. The van der Waals surface area contributed by atoms with Crippen LogP contribution in [0.2, 0.25) is 0 Å². The molecule has 1 N–H and O–H groups in total. The second kappa shape index (κ2) is 5.33. The maximum absolute atomic E-state index is 9.14. The van der Waals surface area contributed by atoms with E-state index >= 15 is 0 Å². The number of methoxy groups -OCH3 is 1. The van der Waals surface area contributed by atoms with Crippen molar-refractivity contribution in [1.82, 2.24) is 0 Å². The fourth-order valence-corrected chi connectivity index (χ4v) is 3.01. The summed E-state index contributed by atoms with van der Waals surface area (Å²) in [6, 6.07) is 9.32. The van der Waals surface area contributed by atoms with Crippen LogP contribution in [0.4, 0.5) is 0 Å². The minimum absolute atomic E-state index is 0.550. The molecule has 0 saturated heterocycles. The normalized spacial score (nSPS) is 11.5. The van der Waals surface area contributed by atoms with Crippen molar-refractivity contribution in [3.05, 3.63) is 50.6 Å². The van der Waals surface area contributed by atoms with Gasteiger partial charge in [0.05, 0.1) is 12.0 Å². The van der Waals surface area contributed by atoms with Gasteiger partial charge in [0.1, 0.15) is 11.5 Å². The van der Waals surface area contributed by atoms with Crippen LogP contribution in [0.15, 0.2) is 45.3 Å². The summed E-state index contributed by atoms with van der Waals surface area (Å²) >= 11 is 4.95. The van der Waals surface area contributed by atoms with Gasteiger partial charge >= 0.3 is 0 Å². The molecule has 0 aliphatic rings. The highest BCUT2D eigenvalue weighted by Crippen LogP contribution is 2.26. The van der Waals surface area contributed by atoms with E-state index in [2.05, 4.69) is 21.1 Å². The van der Waals surface area contributed by atoms with Crippen LogP contribution >= 0.6 is 27.3 Å². The first kappa shape index (κ1) is 12.1. The van der Waals surface area contributed by atoms with Gasteiger partial charge in [-0.3, -0.25) is 0 Å². The molecule has 0 atom stereocenters. The molecule has 5 heteroatoms. The number of oxime groups is 1. The Bertz CT molecular complexity index is 534. The summed E-state index contributed by atoms with van der Waals surface area (Å²) in [6.07, 6.45) is 0. The van der Waals surface area contributed by atoms with Crippen LogP contribution in [0.25, 0.3) is 0 Å². The molecule has 0 fully saturated rings. The van der Waals surface area contributed by atoms with Gasteiger partial charge in [-0.15, -0.1) is 11.3 Å². The molecule has 1 aromatic heterocycles. The van der Waals surface area contributed by atoms with Gasteiger partial charge in [0, 0.05) is 10.0 Å². The first-order valence-corrected chi connectivity index (χ1v) is 6.53. The Morgan fingerprint density at radius 1 is 1.29 bits per heavy atom. The Morgan fingerprint density at radius 2 is 2.00 bits per heavy atom. The monoisotopic (exact) mass is 311 g/mol. The Morgan fingerprint density at radius 3 is 2.47 bits per heavy atom. The van der Waals surface area contributed by atoms with Crippen LogP contribution < -0.4 is 4.74 Å². The third-order valence-corrected chi connectivity index (χ3v) is 4.14. The van der Waals surface area contributed by atoms with E-state index in [4.69, 9.17) is 9.94 Å². The summed E-state index contributed by atoms with van der Waals surface area (Å²) in [7, 11) is 1.62. The molecule has 0 radical (unpaired) electrons. The zero-order chi connectivity index (χ0) is 12.3. The van der Waals surface area contributed by atoms with Gasteiger partial charge in [-0.05, 0) is 51.6 Å². The number of halogens is 1. The van der Waals surface area contributed by atoms with Crippen LogP contribution in [-0.2, 0) is 0 Å². The van der Waals surface area contributed by atoms with E-state index in [9.17, 15) is 0 Å². The summed E-state index contributed by atoms with van der Waals surface area (Å²) in [5.74, 6) is 0.774. The van der Waals surface area contributed by atoms with Crippen LogP contribution in [0, 0.1) is 0 Å². The Labute approximate surface area is 111 Å². The Balaban J connectivity index is 2.40. The van der Waals surface area contributed by atoms with Crippen molar-refractivity contribution < 1.29 is 9.94 Å². The third-order valence-electron chi connectivity index (χ3n) is 2.30. The zero-order valence-electron chi connectivity index (χ0n) is 9.05. The number of hydrogen-bond donors (Lipinski definition) is 1. The van der Waals surface area contributed by atoms with Crippen molar-refractivity contribution in [3.8, 4) is 5.75 Å². The van der Waals surface area contributed by atoms with Gasteiger partial charge in [-0.1, -0.05) is 5.16 Å². The smallest absolute Gasteiger partial charge is 0.128 e.